The molecular weight excluding hydrogens is 341 g/mol. The fraction of sp³-hybridized carbons (Fsp3) is 0.0833. The molecular formula is C12H8BrCl2NO2. The van der Waals surface area contributed by atoms with E-state index in [1.165, 1.54) is 0 Å². The maximum absolute atomic E-state index is 9.24. The Bertz CT molecular complexity index is 578. The average molecular weight is 349 g/mol. The van der Waals surface area contributed by atoms with E-state index in [0.717, 1.165) is 4.47 Å². The molecule has 0 radical (unpaired) electrons. The molecule has 0 unspecified atom stereocenters. The first-order valence-corrected chi connectivity index (χ1v) is 6.54. The number of hydrogen-bond donors (Lipinski definition) is 1. The van der Waals surface area contributed by atoms with Crippen LogP contribution >= 0.6 is 39.1 Å². The number of aliphatic hydroxyl groups is 1. The predicted molar refractivity (Wildman–Crippen MR) is 74.4 cm³/mol. The number of rotatable bonds is 3. The molecule has 2 aromatic rings. The van der Waals surface area contributed by atoms with Crippen molar-refractivity contribution in [2.45, 2.75) is 6.61 Å². The monoisotopic (exact) mass is 347 g/mol. The molecule has 0 saturated carbocycles. The predicted octanol–water partition coefficient (Wildman–Crippen LogP) is 4.44. The molecule has 0 aliphatic carbocycles. The molecule has 2 rings (SSSR count). The van der Waals surface area contributed by atoms with Crippen LogP contribution in [-0.2, 0) is 6.61 Å². The topological polar surface area (TPSA) is 42.4 Å². The summed E-state index contributed by atoms with van der Waals surface area (Å²) in [5.41, 5.74) is 0.556. The van der Waals surface area contributed by atoms with E-state index in [1.54, 1.807) is 30.5 Å². The molecule has 94 valence electrons. The number of nitrogens with zero attached hydrogens (tertiary/aromatic N) is 1. The Balaban J connectivity index is 2.37. The molecule has 1 heterocycles. The van der Waals surface area contributed by atoms with E-state index in [-0.39, 0.29) is 6.61 Å². The highest BCUT2D eigenvalue weighted by Crippen LogP contribution is 2.35. The number of benzene rings is 1. The fourth-order valence-electron chi connectivity index (χ4n) is 1.34. The summed E-state index contributed by atoms with van der Waals surface area (Å²) in [6, 6.07) is 6.79. The van der Waals surface area contributed by atoms with Crippen LogP contribution in [0.4, 0.5) is 0 Å². The molecule has 0 atom stereocenters. The molecule has 0 aliphatic rings. The van der Waals surface area contributed by atoms with Gasteiger partial charge in [-0.3, -0.25) is 0 Å². The van der Waals surface area contributed by atoms with Gasteiger partial charge in [-0.05, 0) is 34.1 Å². The van der Waals surface area contributed by atoms with Gasteiger partial charge in [0.05, 0.1) is 11.6 Å². The molecule has 18 heavy (non-hydrogen) atoms. The van der Waals surface area contributed by atoms with Gasteiger partial charge in [0.15, 0.2) is 0 Å². The minimum absolute atomic E-state index is 0.181. The molecule has 1 aromatic heterocycles. The van der Waals surface area contributed by atoms with Crippen molar-refractivity contribution in [2.24, 2.45) is 0 Å². The van der Waals surface area contributed by atoms with E-state index >= 15 is 0 Å². The quantitative estimate of drug-likeness (QED) is 0.891. The Hall–Kier alpha value is -0.810. The van der Waals surface area contributed by atoms with E-state index < -0.39 is 0 Å². The first kappa shape index (κ1) is 13.6. The Morgan fingerprint density at radius 2 is 2.11 bits per heavy atom. The van der Waals surface area contributed by atoms with Crippen LogP contribution in [0.25, 0.3) is 0 Å². The zero-order chi connectivity index (χ0) is 13.1. The fourth-order valence-corrected chi connectivity index (χ4v) is 2.05. The maximum atomic E-state index is 9.24. The average Bonchev–Trinajstić information content (AvgIpc) is 2.37. The third kappa shape index (κ3) is 2.95. The first-order chi connectivity index (χ1) is 8.61. The summed E-state index contributed by atoms with van der Waals surface area (Å²) >= 11 is 15.2. The Morgan fingerprint density at radius 1 is 1.33 bits per heavy atom. The molecule has 0 fully saturated rings. The third-order valence-corrected chi connectivity index (χ3v) is 3.42. The van der Waals surface area contributed by atoms with Gasteiger partial charge in [0.25, 0.3) is 0 Å². The summed E-state index contributed by atoms with van der Waals surface area (Å²) in [5.74, 6) is 0.693. The van der Waals surface area contributed by atoms with Crippen LogP contribution in [0.3, 0.4) is 0 Å². The highest BCUT2D eigenvalue weighted by atomic mass is 79.9. The summed E-state index contributed by atoms with van der Waals surface area (Å²) < 4.78 is 6.32. The molecule has 0 saturated heterocycles. The number of halogens is 3. The summed E-state index contributed by atoms with van der Waals surface area (Å²) in [4.78, 5) is 4.08. The van der Waals surface area contributed by atoms with Crippen LogP contribution in [0.5, 0.6) is 11.6 Å². The summed E-state index contributed by atoms with van der Waals surface area (Å²) in [5, 5.41) is 9.96. The van der Waals surface area contributed by atoms with Crippen molar-refractivity contribution in [1.82, 2.24) is 4.98 Å². The SMILES string of the molecule is OCc1cc(Br)cnc1Oc1cccc(Cl)c1Cl. The minimum Gasteiger partial charge on any atom is -0.437 e. The van der Waals surface area contributed by atoms with Gasteiger partial charge in [-0.1, -0.05) is 29.3 Å². The second kappa shape index (κ2) is 5.89. The number of hydrogen-bond acceptors (Lipinski definition) is 3. The zero-order valence-corrected chi connectivity index (χ0v) is 12.1. The van der Waals surface area contributed by atoms with Crippen molar-refractivity contribution in [3.05, 3.63) is 50.5 Å². The summed E-state index contributed by atoms with van der Waals surface area (Å²) in [6.07, 6.45) is 1.58. The van der Waals surface area contributed by atoms with Crippen LogP contribution in [-0.4, -0.2) is 10.1 Å². The maximum Gasteiger partial charge on any atom is 0.224 e. The van der Waals surface area contributed by atoms with Gasteiger partial charge in [-0.15, -0.1) is 0 Å². The Labute approximate surface area is 122 Å². The Kier molecular flexibility index (Phi) is 4.45. The van der Waals surface area contributed by atoms with Crippen LogP contribution in [0.1, 0.15) is 5.56 Å². The molecule has 0 amide bonds. The van der Waals surface area contributed by atoms with Gasteiger partial charge in [-0.25, -0.2) is 4.98 Å². The normalized spacial score (nSPS) is 10.4. The minimum atomic E-state index is -0.181. The van der Waals surface area contributed by atoms with Gasteiger partial charge in [0, 0.05) is 16.2 Å². The van der Waals surface area contributed by atoms with Gasteiger partial charge in [0.1, 0.15) is 10.8 Å². The van der Waals surface area contributed by atoms with E-state index in [0.29, 0.717) is 27.2 Å². The third-order valence-electron chi connectivity index (χ3n) is 2.19. The standard InChI is InChI=1S/C12H8BrCl2NO2/c13-8-4-7(6-17)12(16-5-8)18-10-3-1-2-9(14)11(10)15/h1-5,17H,6H2. The molecule has 1 aromatic carbocycles. The van der Waals surface area contributed by atoms with Crippen molar-refractivity contribution in [3.63, 3.8) is 0 Å². The summed E-state index contributed by atoms with van der Waals surface area (Å²) in [7, 11) is 0. The van der Waals surface area contributed by atoms with E-state index in [9.17, 15) is 5.11 Å². The number of ether oxygens (including phenoxy) is 1. The summed E-state index contributed by atoms with van der Waals surface area (Å²) in [6.45, 7) is -0.181. The lowest BCUT2D eigenvalue weighted by Gasteiger charge is -2.10. The lowest BCUT2D eigenvalue weighted by Crippen LogP contribution is -1.95. The smallest absolute Gasteiger partial charge is 0.224 e. The number of aromatic nitrogens is 1. The number of aliphatic hydroxyl groups excluding tert-OH is 1. The lowest BCUT2D eigenvalue weighted by molar-refractivity contribution is 0.275. The lowest BCUT2D eigenvalue weighted by atomic mass is 10.3. The van der Waals surface area contributed by atoms with Crippen molar-refractivity contribution < 1.29 is 9.84 Å². The van der Waals surface area contributed by atoms with Crippen LogP contribution in [0.15, 0.2) is 34.9 Å². The van der Waals surface area contributed by atoms with E-state index in [2.05, 4.69) is 20.9 Å². The van der Waals surface area contributed by atoms with Crippen molar-refractivity contribution >= 4 is 39.1 Å². The second-order valence-corrected chi connectivity index (χ2v) is 5.13. The van der Waals surface area contributed by atoms with Crippen molar-refractivity contribution in [2.75, 3.05) is 0 Å². The van der Waals surface area contributed by atoms with Gasteiger partial charge >= 0.3 is 0 Å². The van der Waals surface area contributed by atoms with Gasteiger partial charge in [0.2, 0.25) is 5.88 Å². The molecule has 0 aliphatic heterocycles. The molecule has 1 N–H and O–H groups in total. The number of pyridine rings is 1. The molecule has 0 spiro atoms. The second-order valence-electron chi connectivity index (χ2n) is 3.43. The highest BCUT2D eigenvalue weighted by molar-refractivity contribution is 9.10. The van der Waals surface area contributed by atoms with Crippen molar-refractivity contribution in [1.29, 1.82) is 0 Å². The highest BCUT2D eigenvalue weighted by Gasteiger charge is 2.11. The van der Waals surface area contributed by atoms with E-state index in [1.807, 2.05) is 0 Å². The molecule has 6 heteroatoms. The Morgan fingerprint density at radius 3 is 2.83 bits per heavy atom. The van der Waals surface area contributed by atoms with Crippen LogP contribution in [0.2, 0.25) is 10.0 Å². The molecule has 0 bridgehead atoms. The van der Waals surface area contributed by atoms with Gasteiger partial charge < -0.3 is 9.84 Å². The van der Waals surface area contributed by atoms with Gasteiger partial charge in [-0.2, -0.15) is 0 Å². The zero-order valence-electron chi connectivity index (χ0n) is 9.03. The largest absolute Gasteiger partial charge is 0.437 e. The first-order valence-electron chi connectivity index (χ1n) is 4.99. The van der Waals surface area contributed by atoms with Crippen molar-refractivity contribution in [3.8, 4) is 11.6 Å². The van der Waals surface area contributed by atoms with E-state index in [4.69, 9.17) is 27.9 Å². The van der Waals surface area contributed by atoms with Crippen LogP contribution in [0, 0.1) is 0 Å². The van der Waals surface area contributed by atoms with Crippen LogP contribution < -0.4 is 4.74 Å². The molecule has 3 nitrogen and oxygen atoms in total.